The highest BCUT2D eigenvalue weighted by atomic mass is 32.1. The van der Waals surface area contributed by atoms with Crippen molar-refractivity contribution in [1.82, 2.24) is 4.98 Å². The van der Waals surface area contributed by atoms with Crippen molar-refractivity contribution in [3.8, 4) is 5.75 Å². The summed E-state index contributed by atoms with van der Waals surface area (Å²) in [7, 11) is 0. The van der Waals surface area contributed by atoms with Crippen LogP contribution in [0.5, 0.6) is 5.75 Å². The molecule has 0 atom stereocenters. The zero-order chi connectivity index (χ0) is 19.9. The third kappa shape index (κ3) is 6.51. The molecule has 27 heavy (non-hydrogen) atoms. The van der Waals surface area contributed by atoms with Crippen LogP contribution in [0.1, 0.15) is 63.2 Å². The van der Waals surface area contributed by atoms with Gasteiger partial charge in [-0.25, -0.2) is 4.98 Å². The Labute approximate surface area is 166 Å². The van der Waals surface area contributed by atoms with Gasteiger partial charge in [0.2, 0.25) is 0 Å². The lowest BCUT2D eigenvalue weighted by molar-refractivity contribution is -0.154. The molecule has 0 bridgehead atoms. The highest BCUT2D eigenvalue weighted by Gasteiger charge is 2.28. The average molecular weight is 388 g/mol. The molecule has 0 saturated heterocycles. The summed E-state index contributed by atoms with van der Waals surface area (Å²) in [5, 5.41) is 3.11. The van der Waals surface area contributed by atoms with Gasteiger partial charge in [-0.1, -0.05) is 32.1 Å². The number of ether oxygens (including phenoxy) is 2. The van der Waals surface area contributed by atoms with Crippen LogP contribution in [0.2, 0.25) is 0 Å². The fraction of sp³-hybridized carbons (Fsp3) is 0.455. The molecule has 0 aliphatic rings. The molecular formula is C22H29NO3S. The first kappa shape index (κ1) is 21.2. The Kier molecular flexibility index (Phi) is 7.60. The topological polar surface area (TPSA) is 48.4 Å². The maximum Gasteiger partial charge on any atom is 0.311 e. The molecule has 1 aromatic heterocycles. The first-order valence-corrected chi connectivity index (χ1v) is 10.2. The van der Waals surface area contributed by atoms with Crippen molar-refractivity contribution in [2.75, 3.05) is 13.2 Å². The molecule has 0 fully saturated rings. The summed E-state index contributed by atoms with van der Waals surface area (Å²) >= 11 is 1.65. The molecule has 1 aromatic carbocycles. The molecule has 0 radical (unpaired) electrons. The number of carbonyl (C=O) groups is 1. The Bertz CT molecular complexity index is 777. The summed E-state index contributed by atoms with van der Waals surface area (Å²) in [5.41, 5.74) is 1.63. The smallest absolute Gasteiger partial charge is 0.311 e. The van der Waals surface area contributed by atoms with Gasteiger partial charge < -0.3 is 9.47 Å². The normalized spacial score (nSPS) is 11.9. The van der Waals surface area contributed by atoms with Crippen LogP contribution in [0.4, 0.5) is 0 Å². The Morgan fingerprint density at radius 1 is 1.30 bits per heavy atom. The van der Waals surface area contributed by atoms with E-state index in [1.54, 1.807) is 11.3 Å². The molecule has 0 N–H and O–H groups in total. The standard InChI is InChI=1S/C22H29NO3S/c1-6-25-21(24)22(4,5)12-13-26-18-9-7-8-17(14-18)10-11-20-23-19(15-27-20)16(2)3/h7-11,14-16H,6,12-13H2,1-5H3/b11-10+. The second-order valence-corrected chi connectivity index (χ2v) is 8.26. The van der Waals surface area contributed by atoms with Crippen molar-refractivity contribution in [1.29, 1.82) is 0 Å². The van der Waals surface area contributed by atoms with E-state index in [0.29, 0.717) is 25.6 Å². The van der Waals surface area contributed by atoms with Crippen LogP contribution >= 0.6 is 11.3 Å². The summed E-state index contributed by atoms with van der Waals surface area (Å²) in [5.74, 6) is 1.05. The summed E-state index contributed by atoms with van der Waals surface area (Å²) in [6, 6.07) is 7.91. The minimum atomic E-state index is -0.549. The van der Waals surface area contributed by atoms with Crippen molar-refractivity contribution in [2.45, 2.75) is 47.0 Å². The fourth-order valence-corrected chi connectivity index (χ4v) is 3.24. The molecule has 0 saturated carbocycles. The second kappa shape index (κ2) is 9.70. The molecule has 0 unspecified atom stereocenters. The van der Waals surface area contributed by atoms with Crippen LogP contribution in [0.25, 0.3) is 12.2 Å². The molecule has 4 nitrogen and oxygen atoms in total. The van der Waals surface area contributed by atoms with E-state index < -0.39 is 5.41 Å². The predicted molar refractivity (Wildman–Crippen MR) is 112 cm³/mol. The highest BCUT2D eigenvalue weighted by Crippen LogP contribution is 2.24. The van der Waals surface area contributed by atoms with E-state index in [-0.39, 0.29) is 5.97 Å². The van der Waals surface area contributed by atoms with Gasteiger partial charge in [0.15, 0.2) is 0 Å². The minimum absolute atomic E-state index is 0.186. The SMILES string of the molecule is CCOC(=O)C(C)(C)CCOc1cccc(/C=C/c2nc(C(C)C)cs2)c1. The van der Waals surface area contributed by atoms with Gasteiger partial charge in [0.05, 0.1) is 24.3 Å². The van der Waals surface area contributed by atoms with Crippen molar-refractivity contribution in [2.24, 2.45) is 5.41 Å². The number of carbonyl (C=O) groups excluding carboxylic acids is 1. The van der Waals surface area contributed by atoms with Gasteiger partial charge in [-0.3, -0.25) is 4.79 Å². The van der Waals surface area contributed by atoms with Gasteiger partial charge >= 0.3 is 5.97 Å². The van der Waals surface area contributed by atoms with Crippen molar-refractivity contribution in [3.05, 3.63) is 45.9 Å². The third-order valence-corrected chi connectivity index (χ3v) is 5.06. The monoisotopic (exact) mass is 387 g/mol. The fourth-order valence-electron chi connectivity index (χ4n) is 2.37. The molecule has 5 heteroatoms. The molecule has 0 aliphatic heterocycles. The van der Waals surface area contributed by atoms with E-state index in [2.05, 4.69) is 24.2 Å². The molecule has 2 rings (SSSR count). The van der Waals surface area contributed by atoms with Gasteiger partial charge in [0.1, 0.15) is 10.8 Å². The lowest BCUT2D eigenvalue weighted by Crippen LogP contribution is -2.28. The molecule has 0 spiro atoms. The largest absolute Gasteiger partial charge is 0.494 e. The lowest BCUT2D eigenvalue weighted by atomic mass is 9.90. The molecule has 0 amide bonds. The summed E-state index contributed by atoms with van der Waals surface area (Å²) < 4.78 is 11.0. The molecule has 0 aliphatic carbocycles. The van der Waals surface area contributed by atoms with Gasteiger partial charge in [0.25, 0.3) is 0 Å². The van der Waals surface area contributed by atoms with Crippen LogP contribution in [0.3, 0.4) is 0 Å². The number of benzene rings is 1. The van der Waals surface area contributed by atoms with Gasteiger partial charge in [-0.15, -0.1) is 11.3 Å². The molecule has 146 valence electrons. The van der Waals surface area contributed by atoms with E-state index >= 15 is 0 Å². The Morgan fingerprint density at radius 2 is 2.07 bits per heavy atom. The van der Waals surface area contributed by atoms with Gasteiger partial charge in [-0.2, -0.15) is 0 Å². The Morgan fingerprint density at radius 3 is 2.74 bits per heavy atom. The van der Waals surface area contributed by atoms with Crippen LogP contribution in [-0.2, 0) is 9.53 Å². The lowest BCUT2D eigenvalue weighted by Gasteiger charge is -2.22. The first-order chi connectivity index (χ1) is 12.8. The maximum absolute atomic E-state index is 11.9. The number of nitrogens with zero attached hydrogens (tertiary/aromatic N) is 1. The summed E-state index contributed by atoms with van der Waals surface area (Å²) in [4.78, 5) is 16.5. The number of hydrogen-bond donors (Lipinski definition) is 0. The quantitative estimate of drug-likeness (QED) is 0.511. The van der Waals surface area contributed by atoms with E-state index in [9.17, 15) is 4.79 Å². The van der Waals surface area contributed by atoms with Crippen LogP contribution < -0.4 is 4.74 Å². The zero-order valence-electron chi connectivity index (χ0n) is 16.8. The first-order valence-electron chi connectivity index (χ1n) is 9.35. The Hall–Kier alpha value is -2.14. The Balaban J connectivity index is 1.93. The molecular weight excluding hydrogens is 358 g/mol. The number of thiazole rings is 1. The molecule has 1 heterocycles. The van der Waals surface area contributed by atoms with Crippen molar-refractivity contribution < 1.29 is 14.3 Å². The van der Waals surface area contributed by atoms with Gasteiger partial charge in [-0.05, 0) is 56.9 Å². The van der Waals surface area contributed by atoms with Crippen LogP contribution in [0.15, 0.2) is 29.6 Å². The highest BCUT2D eigenvalue weighted by molar-refractivity contribution is 7.10. The van der Waals surface area contributed by atoms with E-state index in [1.807, 2.05) is 57.2 Å². The average Bonchev–Trinajstić information content (AvgIpc) is 3.10. The van der Waals surface area contributed by atoms with E-state index in [4.69, 9.17) is 9.47 Å². The van der Waals surface area contributed by atoms with E-state index in [0.717, 1.165) is 22.0 Å². The minimum Gasteiger partial charge on any atom is -0.494 e. The van der Waals surface area contributed by atoms with Crippen LogP contribution in [-0.4, -0.2) is 24.2 Å². The van der Waals surface area contributed by atoms with Crippen LogP contribution in [0, 0.1) is 5.41 Å². The number of aromatic nitrogens is 1. The number of esters is 1. The molecule has 2 aromatic rings. The summed E-state index contributed by atoms with van der Waals surface area (Å²) in [6.07, 6.45) is 4.67. The van der Waals surface area contributed by atoms with E-state index in [1.165, 1.54) is 0 Å². The summed E-state index contributed by atoms with van der Waals surface area (Å²) in [6.45, 7) is 10.7. The predicted octanol–water partition coefficient (Wildman–Crippen LogP) is 5.80. The third-order valence-electron chi connectivity index (χ3n) is 4.23. The van der Waals surface area contributed by atoms with Crippen molar-refractivity contribution >= 4 is 29.5 Å². The van der Waals surface area contributed by atoms with Crippen molar-refractivity contribution in [3.63, 3.8) is 0 Å². The number of rotatable bonds is 9. The second-order valence-electron chi connectivity index (χ2n) is 7.37. The zero-order valence-corrected chi connectivity index (χ0v) is 17.6. The number of hydrogen-bond acceptors (Lipinski definition) is 5. The van der Waals surface area contributed by atoms with Gasteiger partial charge in [0, 0.05) is 5.38 Å². The maximum atomic E-state index is 11.9.